The van der Waals surface area contributed by atoms with E-state index in [0.29, 0.717) is 4.44 Å². The summed E-state index contributed by atoms with van der Waals surface area (Å²) in [7, 11) is 3.58. The van der Waals surface area contributed by atoms with Crippen LogP contribution >= 0.6 is 0 Å². The quantitative estimate of drug-likeness (QED) is 0.493. The number of carbonyl (C=O) groups is 1. The number of nitrogens with two attached hydrogens (primary N) is 1. The fourth-order valence-electron chi connectivity index (χ4n) is 0.831. The van der Waals surface area contributed by atoms with Crippen molar-refractivity contribution in [2.24, 2.45) is 16.1 Å². The van der Waals surface area contributed by atoms with Gasteiger partial charge in [0.25, 0.3) is 0 Å². The fourth-order valence-corrected chi connectivity index (χ4v) is 2.52. The second-order valence-electron chi connectivity index (χ2n) is 2.95. The van der Waals surface area contributed by atoms with E-state index in [-0.39, 0.29) is 20.4 Å². The molecule has 1 aromatic rings. The third-order valence-electron chi connectivity index (χ3n) is 1.47. The zero-order valence-corrected chi connectivity index (χ0v) is 10.0. The van der Waals surface area contributed by atoms with Gasteiger partial charge in [-0.3, -0.25) is 0 Å². The SMILES string of the molecule is Cc1[se]c(C(N)=O)cc1/N=N/N(C)C. The van der Waals surface area contributed by atoms with E-state index in [4.69, 9.17) is 5.73 Å². The Morgan fingerprint density at radius 2 is 2.21 bits per heavy atom. The van der Waals surface area contributed by atoms with Crippen LogP contribution in [0.2, 0.25) is 0 Å². The van der Waals surface area contributed by atoms with Gasteiger partial charge in [-0.15, -0.1) is 0 Å². The van der Waals surface area contributed by atoms with Gasteiger partial charge in [-0.05, 0) is 0 Å². The van der Waals surface area contributed by atoms with Crippen molar-refractivity contribution < 1.29 is 4.79 Å². The van der Waals surface area contributed by atoms with Crippen molar-refractivity contribution in [3.63, 3.8) is 0 Å². The Kier molecular flexibility index (Phi) is 3.43. The van der Waals surface area contributed by atoms with E-state index in [9.17, 15) is 4.79 Å². The van der Waals surface area contributed by atoms with Crippen molar-refractivity contribution in [3.8, 4) is 0 Å². The van der Waals surface area contributed by atoms with Gasteiger partial charge in [0.05, 0.1) is 0 Å². The van der Waals surface area contributed by atoms with Crippen molar-refractivity contribution >= 4 is 26.1 Å². The summed E-state index contributed by atoms with van der Waals surface area (Å²) in [6.45, 7) is 1.94. The van der Waals surface area contributed by atoms with Crippen molar-refractivity contribution in [3.05, 3.63) is 14.9 Å². The molecule has 1 aromatic heterocycles. The Morgan fingerprint density at radius 1 is 1.57 bits per heavy atom. The molecule has 0 radical (unpaired) electrons. The molecular weight excluding hydrogens is 247 g/mol. The van der Waals surface area contributed by atoms with Crippen LogP contribution in [0.25, 0.3) is 0 Å². The minimum atomic E-state index is -0.362. The van der Waals surface area contributed by atoms with Crippen LogP contribution < -0.4 is 5.73 Å². The Bertz CT molecular complexity index is 369. The molecule has 1 heterocycles. The molecule has 2 N–H and O–H groups in total. The first-order valence-corrected chi connectivity index (χ1v) is 5.71. The molecule has 14 heavy (non-hydrogen) atoms. The van der Waals surface area contributed by atoms with Gasteiger partial charge in [0.1, 0.15) is 0 Å². The Hall–Kier alpha value is -1.13. The van der Waals surface area contributed by atoms with E-state index in [1.807, 2.05) is 6.92 Å². The number of nitrogens with zero attached hydrogens (tertiary/aromatic N) is 3. The Labute approximate surface area is 88.3 Å². The molecule has 5 nitrogen and oxygen atoms in total. The first-order chi connectivity index (χ1) is 6.50. The van der Waals surface area contributed by atoms with E-state index < -0.39 is 0 Å². The molecular formula is C8H12N4OSe. The maximum atomic E-state index is 10.9. The van der Waals surface area contributed by atoms with Crippen LogP contribution in [0.3, 0.4) is 0 Å². The summed E-state index contributed by atoms with van der Waals surface area (Å²) in [6.07, 6.45) is 0. The van der Waals surface area contributed by atoms with Crippen LogP contribution in [0.4, 0.5) is 5.69 Å². The molecule has 0 aromatic carbocycles. The van der Waals surface area contributed by atoms with E-state index in [0.717, 1.165) is 10.1 Å². The normalized spacial score (nSPS) is 10.8. The van der Waals surface area contributed by atoms with Gasteiger partial charge >= 0.3 is 87.9 Å². The third-order valence-corrected chi connectivity index (χ3v) is 3.68. The van der Waals surface area contributed by atoms with Crippen LogP contribution in [0.15, 0.2) is 16.4 Å². The molecule has 0 aliphatic carbocycles. The fraction of sp³-hybridized carbons (Fsp3) is 0.375. The summed E-state index contributed by atoms with van der Waals surface area (Å²) in [5.74, 6) is -0.362. The average Bonchev–Trinajstić information content (AvgIpc) is 2.43. The molecule has 0 aliphatic heterocycles. The van der Waals surface area contributed by atoms with Crippen LogP contribution in [0, 0.1) is 6.92 Å². The number of hydrogen-bond donors (Lipinski definition) is 1. The predicted molar refractivity (Wildman–Crippen MR) is 54.8 cm³/mol. The molecule has 0 atom stereocenters. The maximum absolute atomic E-state index is 10.9. The van der Waals surface area contributed by atoms with Gasteiger partial charge in [0.2, 0.25) is 0 Å². The van der Waals surface area contributed by atoms with Crippen LogP contribution in [0.1, 0.15) is 13.7 Å². The van der Waals surface area contributed by atoms with Crippen molar-refractivity contribution in [1.29, 1.82) is 0 Å². The molecule has 0 bridgehead atoms. The van der Waals surface area contributed by atoms with E-state index in [1.54, 1.807) is 25.2 Å². The zero-order valence-electron chi connectivity index (χ0n) is 8.31. The summed E-state index contributed by atoms with van der Waals surface area (Å²) in [4.78, 5) is 10.9. The van der Waals surface area contributed by atoms with Crippen LogP contribution in [-0.2, 0) is 0 Å². The summed E-state index contributed by atoms with van der Waals surface area (Å²) in [5.41, 5.74) is 5.93. The van der Waals surface area contributed by atoms with Gasteiger partial charge < -0.3 is 0 Å². The molecule has 0 spiro atoms. The monoisotopic (exact) mass is 260 g/mol. The molecule has 76 valence electrons. The number of rotatable bonds is 3. The predicted octanol–water partition coefficient (Wildman–Crippen LogP) is 0.711. The number of carbonyl (C=O) groups excluding carboxylic acids is 1. The molecule has 1 amide bonds. The number of primary amides is 1. The first-order valence-electron chi connectivity index (χ1n) is 4.00. The molecule has 1 rings (SSSR count). The number of aryl methyl sites for hydroxylation is 1. The van der Waals surface area contributed by atoms with Crippen LogP contribution in [0.5, 0.6) is 0 Å². The van der Waals surface area contributed by atoms with E-state index >= 15 is 0 Å². The topological polar surface area (TPSA) is 71.0 Å². The number of amides is 1. The van der Waals surface area contributed by atoms with Gasteiger partial charge in [-0.2, -0.15) is 0 Å². The Balaban J connectivity index is 2.93. The van der Waals surface area contributed by atoms with Gasteiger partial charge in [0, 0.05) is 0 Å². The molecule has 6 heteroatoms. The van der Waals surface area contributed by atoms with E-state index in [2.05, 4.69) is 10.3 Å². The molecule has 0 fully saturated rings. The van der Waals surface area contributed by atoms with Gasteiger partial charge in [0.15, 0.2) is 0 Å². The molecule has 0 saturated carbocycles. The minimum absolute atomic E-state index is 0.0203. The summed E-state index contributed by atoms with van der Waals surface area (Å²) >= 11 is 0.0203. The third kappa shape index (κ3) is 2.68. The Morgan fingerprint density at radius 3 is 2.64 bits per heavy atom. The summed E-state index contributed by atoms with van der Waals surface area (Å²) in [5, 5.41) is 9.46. The summed E-state index contributed by atoms with van der Waals surface area (Å²) in [6, 6.07) is 1.71. The van der Waals surface area contributed by atoms with Crippen LogP contribution in [-0.4, -0.2) is 39.5 Å². The second-order valence-corrected chi connectivity index (χ2v) is 5.59. The van der Waals surface area contributed by atoms with Gasteiger partial charge in [-0.25, -0.2) is 0 Å². The average molecular weight is 259 g/mol. The van der Waals surface area contributed by atoms with Crippen molar-refractivity contribution in [1.82, 2.24) is 5.01 Å². The zero-order chi connectivity index (χ0) is 10.7. The summed E-state index contributed by atoms with van der Waals surface area (Å²) < 4.78 is 1.74. The second kappa shape index (κ2) is 4.39. The first kappa shape index (κ1) is 10.9. The van der Waals surface area contributed by atoms with Crippen molar-refractivity contribution in [2.45, 2.75) is 6.92 Å². The standard InChI is InChI=1S/C8H12N4OSe/c1-5-6(10-11-12(2)3)4-7(14-5)8(9)13/h4H,1-3H3,(H2,9,13)/b11-10+. The van der Waals surface area contributed by atoms with E-state index in [1.165, 1.54) is 0 Å². The molecule has 0 saturated heterocycles. The van der Waals surface area contributed by atoms with Crippen molar-refractivity contribution in [2.75, 3.05) is 14.1 Å². The number of hydrogen-bond acceptors (Lipinski definition) is 3. The van der Waals surface area contributed by atoms with Gasteiger partial charge in [-0.1, -0.05) is 0 Å². The molecule has 0 unspecified atom stereocenters. The molecule has 0 aliphatic rings.